The Kier molecular flexibility index (Phi) is 6.29. The first-order valence-corrected chi connectivity index (χ1v) is 8.27. The number of benzene rings is 1. The van der Waals surface area contributed by atoms with E-state index in [0.29, 0.717) is 0 Å². The SMILES string of the molecule is CCNCCCN(CC)Sc1cccc2c(=O)[nH]ccc12. The van der Waals surface area contributed by atoms with Crippen molar-refractivity contribution in [1.82, 2.24) is 14.6 Å². The van der Waals surface area contributed by atoms with Crippen LogP contribution in [0.4, 0.5) is 0 Å². The van der Waals surface area contributed by atoms with Crippen LogP contribution < -0.4 is 10.9 Å². The molecule has 1 heterocycles. The monoisotopic (exact) mass is 305 g/mol. The molecule has 114 valence electrons. The summed E-state index contributed by atoms with van der Waals surface area (Å²) in [5, 5.41) is 5.13. The van der Waals surface area contributed by atoms with Gasteiger partial charge in [-0.05, 0) is 49.7 Å². The van der Waals surface area contributed by atoms with Gasteiger partial charge in [0.05, 0.1) is 0 Å². The van der Waals surface area contributed by atoms with E-state index in [2.05, 4.69) is 34.5 Å². The van der Waals surface area contributed by atoms with Crippen LogP contribution in [0, 0.1) is 0 Å². The van der Waals surface area contributed by atoms with Crippen LogP contribution in [0.3, 0.4) is 0 Å². The van der Waals surface area contributed by atoms with Crippen molar-refractivity contribution in [3.05, 3.63) is 40.8 Å². The van der Waals surface area contributed by atoms with Gasteiger partial charge in [0.15, 0.2) is 0 Å². The maximum atomic E-state index is 11.8. The Morgan fingerprint density at radius 3 is 2.86 bits per heavy atom. The topological polar surface area (TPSA) is 48.1 Å². The molecule has 5 heteroatoms. The minimum absolute atomic E-state index is 0.0230. The maximum Gasteiger partial charge on any atom is 0.255 e. The van der Waals surface area contributed by atoms with E-state index in [1.807, 2.05) is 18.2 Å². The van der Waals surface area contributed by atoms with E-state index in [1.54, 1.807) is 18.1 Å². The molecule has 0 amide bonds. The van der Waals surface area contributed by atoms with E-state index in [1.165, 1.54) is 0 Å². The first kappa shape index (κ1) is 16.1. The molecule has 0 atom stereocenters. The molecule has 0 radical (unpaired) electrons. The molecule has 0 aliphatic heterocycles. The van der Waals surface area contributed by atoms with Crippen molar-refractivity contribution in [2.24, 2.45) is 0 Å². The molecule has 2 N–H and O–H groups in total. The second-order valence-corrected chi connectivity index (χ2v) is 5.98. The lowest BCUT2D eigenvalue weighted by atomic mass is 10.2. The summed E-state index contributed by atoms with van der Waals surface area (Å²) >= 11 is 1.74. The lowest BCUT2D eigenvalue weighted by Gasteiger charge is -2.20. The lowest BCUT2D eigenvalue weighted by molar-refractivity contribution is 0.472. The van der Waals surface area contributed by atoms with E-state index in [-0.39, 0.29) is 5.56 Å². The van der Waals surface area contributed by atoms with E-state index in [9.17, 15) is 4.79 Å². The van der Waals surface area contributed by atoms with Crippen molar-refractivity contribution in [1.29, 1.82) is 0 Å². The van der Waals surface area contributed by atoms with Gasteiger partial charge in [-0.1, -0.05) is 19.9 Å². The zero-order chi connectivity index (χ0) is 15.1. The Morgan fingerprint density at radius 1 is 1.24 bits per heavy atom. The summed E-state index contributed by atoms with van der Waals surface area (Å²) in [6, 6.07) is 7.89. The summed E-state index contributed by atoms with van der Waals surface area (Å²) in [5.41, 5.74) is -0.0230. The molecule has 2 rings (SSSR count). The van der Waals surface area contributed by atoms with E-state index in [4.69, 9.17) is 0 Å². The largest absolute Gasteiger partial charge is 0.329 e. The molecular formula is C16H23N3OS. The number of pyridine rings is 1. The van der Waals surface area contributed by atoms with Gasteiger partial charge >= 0.3 is 0 Å². The Hall–Kier alpha value is -1.30. The van der Waals surface area contributed by atoms with Gasteiger partial charge in [0.2, 0.25) is 0 Å². The molecule has 1 aromatic carbocycles. The molecule has 0 fully saturated rings. The Balaban J connectivity index is 2.10. The van der Waals surface area contributed by atoms with Gasteiger partial charge in [0, 0.05) is 35.0 Å². The lowest BCUT2D eigenvalue weighted by Crippen LogP contribution is -2.22. The number of aromatic nitrogens is 1. The smallest absolute Gasteiger partial charge is 0.255 e. The highest BCUT2D eigenvalue weighted by molar-refractivity contribution is 7.97. The van der Waals surface area contributed by atoms with Crippen molar-refractivity contribution >= 4 is 22.7 Å². The summed E-state index contributed by atoms with van der Waals surface area (Å²) < 4.78 is 2.34. The fourth-order valence-electron chi connectivity index (χ4n) is 2.24. The minimum atomic E-state index is -0.0230. The third-order valence-electron chi connectivity index (χ3n) is 3.37. The summed E-state index contributed by atoms with van der Waals surface area (Å²) in [6.07, 6.45) is 2.84. The quantitative estimate of drug-likeness (QED) is 0.581. The van der Waals surface area contributed by atoms with Crippen LogP contribution in [-0.2, 0) is 0 Å². The van der Waals surface area contributed by atoms with Gasteiger partial charge in [-0.3, -0.25) is 4.79 Å². The van der Waals surface area contributed by atoms with Crippen molar-refractivity contribution < 1.29 is 0 Å². The summed E-state index contributed by atoms with van der Waals surface area (Å²) in [4.78, 5) is 15.7. The zero-order valence-corrected chi connectivity index (χ0v) is 13.5. The first-order chi connectivity index (χ1) is 10.3. The highest BCUT2D eigenvalue weighted by Crippen LogP contribution is 2.28. The molecule has 0 saturated heterocycles. The first-order valence-electron chi connectivity index (χ1n) is 7.50. The number of nitrogens with one attached hydrogen (secondary N) is 2. The average molecular weight is 305 g/mol. The predicted molar refractivity (Wildman–Crippen MR) is 90.8 cm³/mol. The Labute approximate surface area is 130 Å². The van der Waals surface area contributed by atoms with E-state index < -0.39 is 0 Å². The standard InChI is InChI=1S/C16H23N3OS/c1-3-17-10-6-12-19(4-2)21-15-8-5-7-14-13(15)9-11-18-16(14)20/h5,7-9,11,17H,3-4,6,10,12H2,1-2H3,(H,18,20). The molecule has 21 heavy (non-hydrogen) atoms. The van der Waals surface area contributed by atoms with E-state index in [0.717, 1.165) is 48.3 Å². The van der Waals surface area contributed by atoms with Crippen LogP contribution >= 0.6 is 11.9 Å². The molecule has 1 aromatic heterocycles. The Morgan fingerprint density at radius 2 is 2.10 bits per heavy atom. The van der Waals surface area contributed by atoms with E-state index >= 15 is 0 Å². The Bertz CT molecular complexity index is 626. The predicted octanol–water partition coefficient (Wildman–Crippen LogP) is 2.86. The van der Waals surface area contributed by atoms with Crippen molar-refractivity contribution in [3.63, 3.8) is 0 Å². The molecular weight excluding hydrogens is 282 g/mol. The normalized spacial score (nSPS) is 11.4. The number of fused-ring (bicyclic) bond motifs is 1. The highest BCUT2D eigenvalue weighted by atomic mass is 32.2. The number of aromatic amines is 1. The average Bonchev–Trinajstić information content (AvgIpc) is 2.51. The number of rotatable bonds is 8. The third-order valence-corrected chi connectivity index (χ3v) is 4.62. The minimum Gasteiger partial charge on any atom is -0.329 e. The molecule has 0 unspecified atom stereocenters. The number of H-pyrrole nitrogens is 1. The van der Waals surface area contributed by atoms with Gasteiger partial charge < -0.3 is 10.3 Å². The molecule has 0 spiro atoms. The second kappa shape index (κ2) is 8.22. The number of nitrogens with zero attached hydrogens (tertiary/aromatic N) is 1. The molecule has 0 aliphatic rings. The molecule has 4 nitrogen and oxygen atoms in total. The van der Waals surface area contributed by atoms with Crippen LogP contribution in [0.2, 0.25) is 0 Å². The fourth-order valence-corrected chi connectivity index (χ4v) is 3.28. The van der Waals surface area contributed by atoms with Gasteiger partial charge in [-0.15, -0.1) is 0 Å². The van der Waals surface area contributed by atoms with Crippen molar-refractivity contribution in [2.75, 3.05) is 26.2 Å². The fraction of sp³-hybridized carbons (Fsp3) is 0.438. The van der Waals surface area contributed by atoms with Crippen LogP contribution in [0.1, 0.15) is 20.3 Å². The van der Waals surface area contributed by atoms with Crippen LogP contribution in [0.15, 0.2) is 40.2 Å². The molecule has 0 bridgehead atoms. The summed E-state index contributed by atoms with van der Waals surface area (Å²) in [6.45, 7) is 8.37. The van der Waals surface area contributed by atoms with Gasteiger partial charge in [0.1, 0.15) is 0 Å². The summed E-state index contributed by atoms with van der Waals surface area (Å²) in [7, 11) is 0. The van der Waals surface area contributed by atoms with Gasteiger partial charge in [-0.2, -0.15) is 0 Å². The van der Waals surface area contributed by atoms with Crippen LogP contribution in [0.5, 0.6) is 0 Å². The number of hydrogen-bond acceptors (Lipinski definition) is 4. The maximum absolute atomic E-state index is 11.8. The summed E-state index contributed by atoms with van der Waals surface area (Å²) in [5.74, 6) is 0. The van der Waals surface area contributed by atoms with Crippen molar-refractivity contribution in [3.8, 4) is 0 Å². The second-order valence-electron chi connectivity index (χ2n) is 4.84. The van der Waals surface area contributed by atoms with Gasteiger partial charge in [-0.25, -0.2) is 4.31 Å². The third kappa shape index (κ3) is 4.33. The molecule has 0 saturated carbocycles. The highest BCUT2D eigenvalue weighted by Gasteiger charge is 2.09. The van der Waals surface area contributed by atoms with Crippen LogP contribution in [0.25, 0.3) is 10.8 Å². The zero-order valence-electron chi connectivity index (χ0n) is 12.7. The number of hydrogen-bond donors (Lipinski definition) is 2. The van der Waals surface area contributed by atoms with Gasteiger partial charge in [0.25, 0.3) is 5.56 Å². The van der Waals surface area contributed by atoms with Crippen molar-refractivity contribution in [2.45, 2.75) is 25.2 Å². The molecule has 0 aliphatic carbocycles. The molecule has 2 aromatic rings. The van der Waals surface area contributed by atoms with Crippen LogP contribution in [-0.4, -0.2) is 35.5 Å².